The molecule has 1 amide bonds. The van der Waals surface area contributed by atoms with Crippen molar-refractivity contribution in [3.8, 4) is 0 Å². The van der Waals surface area contributed by atoms with Crippen LogP contribution < -0.4 is 5.32 Å². The van der Waals surface area contributed by atoms with Crippen molar-refractivity contribution in [3.05, 3.63) is 0 Å². The van der Waals surface area contributed by atoms with Crippen molar-refractivity contribution in [2.75, 3.05) is 19.6 Å². The number of rotatable bonds is 4. The SMILES string of the molecule is CCCN(C(=O)C1CC2CC2C1)C1CCNC1. The molecule has 1 heterocycles. The van der Waals surface area contributed by atoms with Crippen molar-refractivity contribution < 1.29 is 4.79 Å². The van der Waals surface area contributed by atoms with Gasteiger partial charge in [0.15, 0.2) is 0 Å². The third-order valence-electron chi connectivity index (χ3n) is 4.82. The summed E-state index contributed by atoms with van der Waals surface area (Å²) in [5.41, 5.74) is 0. The molecule has 3 atom stereocenters. The number of amides is 1. The minimum atomic E-state index is 0.367. The summed E-state index contributed by atoms with van der Waals surface area (Å²) >= 11 is 0. The Morgan fingerprint density at radius 2 is 2.06 bits per heavy atom. The van der Waals surface area contributed by atoms with Gasteiger partial charge >= 0.3 is 0 Å². The molecule has 1 aliphatic heterocycles. The number of carbonyl (C=O) groups is 1. The van der Waals surface area contributed by atoms with Crippen LogP contribution in [0.1, 0.15) is 39.0 Å². The Morgan fingerprint density at radius 1 is 1.29 bits per heavy atom. The molecule has 0 spiro atoms. The van der Waals surface area contributed by atoms with E-state index in [4.69, 9.17) is 0 Å². The highest BCUT2D eigenvalue weighted by Gasteiger charge is 2.49. The fraction of sp³-hybridized carbons (Fsp3) is 0.929. The zero-order valence-corrected chi connectivity index (χ0v) is 10.8. The molecule has 17 heavy (non-hydrogen) atoms. The maximum absolute atomic E-state index is 12.6. The highest BCUT2D eigenvalue weighted by Crippen LogP contribution is 2.54. The molecule has 3 heteroatoms. The van der Waals surface area contributed by atoms with Gasteiger partial charge in [-0.1, -0.05) is 6.92 Å². The van der Waals surface area contributed by atoms with Gasteiger partial charge in [-0.3, -0.25) is 4.79 Å². The van der Waals surface area contributed by atoms with Crippen LogP contribution in [-0.4, -0.2) is 36.5 Å². The van der Waals surface area contributed by atoms with Gasteiger partial charge in [0.1, 0.15) is 0 Å². The molecule has 3 nitrogen and oxygen atoms in total. The molecule has 3 fully saturated rings. The number of fused-ring (bicyclic) bond motifs is 1. The highest BCUT2D eigenvalue weighted by atomic mass is 16.2. The van der Waals surface area contributed by atoms with Gasteiger partial charge in [0.2, 0.25) is 5.91 Å². The first-order chi connectivity index (χ1) is 8.29. The van der Waals surface area contributed by atoms with Crippen LogP contribution in [0, 0.1) is 17.8 Å². The molecule has 3 unspecified atom stereocenters. The molecule has 3 rings (SSSR count). The topological polar surface area (TPSA) is 32.3 Å². The molecule has 0 aromatic carbocycles. The first kappa shape index (κ1) is 11.5. The maximum atomic E-state index is 12.6. The Balaban J connectivity index is 1.62. The van der Waals surface area contributed by atoms with E-state index < -0.39 is 0 Å². The van der Waals surface area contributed by atoms with E-state index in [1.54, 1.807) is 0 Å². The average Bonchev–Trinajstić information content (AvgIpc) is 2.81. The van der Waals surface area contributed by atoms with Crippen LogP contribution in [0.3, 0.4) is 0 Å². The monoisotopic (exact) mass is 236 g/mol. The summed E-state index contributed by atoms with van der Waals surface area (Å²) in [5, 5.41) is 3.38. The van der Waals surface area contributed by atoms with Crippen LogP contribution in [0.2, 0.25) is 0 Å². The third kappa shape index (κ3) is 2.22. The molecule has 1 saturated heterocycles. The molecule has 1 N–H and O–H groups in total. The third-order valence-corrected chi connectivity index (χ3v) is 4.82. The summed E-state index contributed by atoms with van der Waals surface area (Å²) < 4.78 is 0. The second-order valence-electron chi connectivity index (χ2n) is 6.10. The van der Waals surface area contributed by atoms with E-state index >= 15 is 0 Å². The van der Waals surface area contributed by atoms with Crippen LogP contribution in [0.25, 0.3) is 0 Å². The molecular formula is C14H24N2O. The summed E-state index contributed by atoms with van der Waals surface area (Å²) in [7, 11) is 0. The Hall–Kier alpha value is -0.570. The summed E-state index contributed by atoms with van der Waals surface area (Å²) in [6.45, 7) is 5.21. The summed E-state index contributed by atoms with van der Waals surface area (Å²) in [5.74, 6) is 2.65. The number of nitrogens with one attached hydrogen (secondary N) is 1. The Labute approximate surface area is 104 Å². The average molecular weight is 236 g/mol. The number of hydrogen-bond donors (Lipinski definition) is 1. The predicted octanol–water partition coefficient (Wildman–Crippen LogP) is 1.63. The van der Waals surface area contributed by atoms with Crippen molar-refractivity contribution in [3.63, 3.8) is 0 Å². The zero-order chi connectivity index (χ0) is 11.8. The van der Waals surface area contributed by atoms with Gasteiger partial charge in [-0.05, 0) is 50.5 Å². The number of hydrogen-bond acceptors (Lipinski definition) is 2. The fourth-order valence-corrected chi connectivity index (χ4v) is 3.77. The molecule has 3 aliphatic rings. The van der Waals surface area contributed by atoms with E-state index in [-0.39, 0.29) is 0 Å². The summed E-state index contributed by atoms with van der Waals surface area (Å²) in [6, 6.07) is 0.472. The molecule has 96 valence electrons. The zero-order valence-electron chi connectivity index (χ0n) is 10.8. The maximum Gasteiger partial charge on any atom is 0.225 e. The van der Waals surface area contributed by atoms with Gasteiger partial charge in [-0.25, -0.2) is 0 Å². The van der Waals surface area contributed by atoms with Crippen molar-refractivity contribution in [2.24, 2.45) is 17.8 Å². The molecule has 0 radical (unpaired) electrons. The van der Waals surface area contributed by atoms with Gasteiger partial charge in [0.05, 0.1) is 0 Å². The minimum absolute atomic E-state index is 0.367. The van der Waals surface area contributed by atoms with E-state index in [2.05, 4.69) is 17.1 Å². The standard InChI is InChI=1S/C14H24N2O/c1-2-5-16(13-3-4-15-9-13)14(17)12-7-10-6-11(10)8-12/h10-13,15H,2-9H2,1H3. The Morgan fingerprint density at radius 3 is 2.65 bits per heavy atom. The molecule has 0 aromatic rings. The van der Waals surface area contributed by atoms with Crippen LogP contribution in [0.5, 0.6) is 0 Å². The minimum Gasteiger partial charge on any atom is -0.338 e. The van der Waals surface area contributed by atoms with E-state index in [1.807, 2.05) is 0 Å². The largest absolute Gasteiger partial charge is 0.338 e. The Bertz CT molecular complexity index is 289. The number of carbonyl (C=O) groups excluding carboxylic acids is 1. The van der Waals surface area contributed by atoms with E-state index in [0.29, 0.717) is 17.9 Å². The van der Waals surface area contributed by atoms with Gasteiger partial charge < -0.3 is 10.2 Å². The second kappa shape index (κ2) is 4.60. The van der Waals surface area contributed by atoms with Crippen molar-refractivity contribution in [2.45, 2.75) is 45.1 Å². The van der Waals surface area contributed by atoms with E-state index in [0.717, 1.165) is 44.3 Å². The molecule has 0 bridgehead atoms. The van der Waals surface area contributed by atoms with Gasteiger partial charge in [0, 0.05) is 25.0 Å². The smallest absolute Gasteiger partial charge is 0.225 e. The van der Waals surface area contributed by atoms with Gasteiger partial charge in [-0.2, -0.15) is 0 Å². The molecular weight excluding hydrogens is 212 g/mol. The lowest BCUT2D eigenvalue weighted by Gasteiger charge is -2.31. The van der Waals surface area contributed by atoms with Gasteiger partial charge in [0.25, 0.3) is 0 Å². The first-order valence-corrected chi connectivity index (χ1v) is 7.30. The summed E-state index contributed by atoms with van der Waals surface area (Å²) in [4.78, 5) is 14.8. The number of nitrogens with zero attached hydrogens (tertiary/aromatic N) is 1. The molecule has 2 aliphatic carbocycles. The van der Waals surface area contributed by atoms with Crippen LogP contribution in [0.15, 0.2) is 0 Å². The van der Waals surface area contributed by atoms with Crippen molar-refractivity contribution in [1.29, 1.82) is 0 Å². The van der Waals surface area contributed by atoms with Crippen molar-refractivity contribution in [1.82, 2.24) is 10.2 Å². The van der Waals surface area contributed by atoms with E-state index in [9.17, 15) is 4.79 Å². The predicted molar refractivity (Wildman–Crippen MR) is 67.6 cm³/mol. The summed E-state index contributed by atoms with van der Waals surface area (Å²) in [6.07, 6.45) is 6.00. The normalized spacial score (nSPS) is 39.1. The molecule has 0 aromatic heterocycles. The Kier molecular flexibility index (Phi) is 3.12. The van der Waals surface area contributed by atoms with Gasteiger partial charge in [-0.15, -0.1) is 0 Å². The fourth-order valence-electron chi connectivity index (χ4n) is 3.77. The lowest BCUT2D eigenvalue weighted by Crippen LogP contribution is -2.44. The lowest BCUT2D eigenvalue weighted by molar-refractivity contribution is -0.137. The van der Waals surface area contributed by atoms with Crippen LogP contribution in [-0.2, 0) is 4.79 Å². The lowest BCUT2D eigenvalue weighted by atomic mass is 10.0. The first-order valence-electron chi connectivity index (χ1n) is 7.30. The van der Waals surface area contributed by atoms with Crippen LogP contribution >= 0.6 is 0 Å². The highest BCUT2D eigenvalue weighted by molar-refractivity contribution is 5.79. The van der Waals surface area contributed by atoms with Crippen LogP contribution in [0.4, 0.5) is 0 Å². The molecule has 2 saturated carbocycles. The quantitative estimate of drug-likeness (QED) is 0.804. The van der Waals surface area contributed by atoms with Crippen molar-refractivity contribution >= 4 is 5.91 Å². The second-order valence-corrected chi connectivity index (χ2v) is 6.10. The van der Waals surface area contributed by atoms with E-state index in [1.165, 1.54) is 19.3 Å².